The van der Waals surface area contributed by atoms with E-state index in [1.54, 1.807) is 0 Å². The molecule has 0 aromatic carbocycles. The maximum atomic E-state index is 11.8. The second kappa shape index (κ2) is 5.61. The maximum absolute atomic E-state index is 11.8. The molecule has 8 bridgehead atoms. The van der Waals surface area contributed by atoms with Crippen LogP contribution in [-0.4, -0.2) is 27.1 Å². The zero-order valence-corrected chi connectivity index (χ0v) is 17.1. The number of urea groups is 1. The Morgan fingerprint density at radius 3 is 1.30 bits per heavy atom. The molecule has 0 unspecified atom stereocenters. The first-order chi connectivity index (χ1) is 12.9. The number of hydrogen-bond acceptors (Lipinski definition) is 2. The Balaban J connectivity index is 1.42. The lowest BCUT2D eigenvalue weighted by Gasteiger charge is -2.69. The molecule has 8 fully saturated rings. The highest BCUT2D eigenvalue weighted by Gasteiger charge is 2.62. The fourth-order valence-electron chi connectivity index (χ4n) is 9.77. The van der Waals surface area contributed by atoms with E-state index in [2.05, 4.69) is 10.2 Å². The van der Waals surface area contributed by atoms with E-state index in [1.807, 2.05) is 0 Å². The first-order valence-electron chi connectivity index (χ1n) is 11.3. The van der Waals surface area contributed by atoms with Crippen LogP contribution < -0.4 is 11.1 Å². The van der Waals surface area contributed by atoms with Gasteiger partial charge in [-0.3, -0.25) is 5.32 Å². The highest BCUT2D eigenvalue weighted by Crippen LogP contribution is 2.64. The Morgan fingerprint density at radius 1 is 0.741 bits per heavy atom. The van der Waals surface area contributed by atoms with Crippen molar-refractivity contribution in [3.05, 3.63) is 0 Å². The number of amides is 2. The number of nitrogens with one attached hydrogen (secondary N) is 1. The number of nitrogens with two attached hydrogens (primary N) is 1. The lowest BCUT2D eigenvalue weighted by molar-refractivity contribution is -0.145. The molecule has 4 nitrogen and oxygen atoms in total. The Kier molecular flexibility index (Phi) is 3.54. The van der Waals surface area contributed by atoms with Crippen LogP contribution in [0.4, 0.5) is 4.79 Å². The largest absolute Gasteiger partial charge is 0.351 e. The van der Waals surface area contributed by atoms with Crippen LogP contribution in [0, 0.1) is 35.5 Å². The molecular weight excluding hydrogens is 354 g/mol. The molecule has 0 aliphatic heterocycles. The Bertz CT molecular complexity index is 574. The van der Waals surface area contributed by atoms with Crippen molar-refractivity contribution in [1.82, 2.24) is 10.2 Å². The van der Waals surface area contributed by atoms with Gasteiger partial charge in [0.2, 0.25) is 0 Å². The number of primary amides is 1. The lowest BCUT2D eigenvalue weighted by atomic mass is 9.48. The normalized spacial score (nSPS) is 51.4. The minimum atomic E-state index is -0.487. The number of carbonyl (C=O) groups excluding carboxylic acids is 1. The molecule has 0 saturated heterocycles. The third-order valence-electron chi connectivity index (χ3n) is 9.39. The summed E-state index contributed by atoms with van der Waals surface area (Å²) in [6, 6.07) is -0.487. The first-order valence-corrected chi connectivity index (χ1v) is 11.7. The molecule has 0 aromatic heterocycles. The molecule has 0 spiro atoms. The van der Waals surface area contributed by atoms with Crippen LogP contribution in [0.5, 0.6) is 0 Å². The molecule has 8 saturated carbocycles. The zero-order chi connectivity index (χ0) is 18.4. The van der Waals surface area contributed by atoms with Gasteiger partial charge < -0.3 is 10.6 Å². The summed E-state index contributed by atoms with van der Waals surface area (Å²) in [5, 5.41) is 3.55. The third kappa shape index (κ3) is 2.52. The highest BCUT2D eigenvalue weighted by molar-refractivity contribution is 7.80. The van der Waals surface area contributed by atoms with Crippen molar-refractivity contribution >= 4 is 23.4 Å². The number of nitrogens with zero attached hydrogens (tertiary/aromatic N) is 1. The van der Waals surface area contributed by atoms with E-state index in [4.69, 9.17) is 18.0 Å². The van der Waals surface area contributed by atoms with Crippen LogP contribution >= 0.6 is 12.2 Å². The summed E-state index contributed by atoms with van der Waals surface area (Å²) in [4.78, 5) is 14.4. The summed E-state index contributed by atoms with van der Waals surface area (Å²) in [5.41, 5.74) is 5.94. The van der Waals surface area contributed by atoms with Crippen LogP contribution in [0.2, 0.25) is 0 Å². The lowest BCUT2D eigenvalue weighted by Crippen LogP contribution is -2.73. The summed E-state index contributed by atoms with van der Waals surface area (Å²) < 4.78 is 0. The Labute approximate surface area is 168 Å². The van der Waals surface area contributed by atoms with Gasteiger partial charge in [-0.2, -0.15) is 0 Å². The summed E-state index contributed by atoms with van der Waals surface area (Å²) in [7, 11) is 0. The zero-order valence-electron chi connectivity index (χ0n) is 16.3. The molecule has 3 N–H and O–H groups in total. The summed E-state index contributed by atoms with van der Waals surface area (Å²) in [6.07, 6.45) is 16.4. The molecule has 5 heteroatoms. The number of hydrogen-bond donors (Lipinski definition) is 2. The Morgan fingerprint density at radius 2 is 1.04 bits per heavy atom. The summed E-state index contributed by atoms with van der Waals surface area (Å²) >= 11 is 5.94. The van der Waals surface area contributed by atoms with Gasteiger partial charge in [-0.15, -0.1) is 0 Å². The average molecular weight is 388 g/mol. The molecule has 8 rings (SSSR count). The maximum Gasteiger partial charge on any atom is 0.318 e. The fraction of sp³-hybridized carbons (Fsp3) is 0.909. The molecule has 0 radical (unpaired) electrons. The second-order valence-electron chi connectivity index (χ2n) is 11.4. The van der Waals surface area contributed by atoms with Crippen molar-refractivity contribution in [2.24, 2.45) is 41.2 Å². The van der Waals surface area contributed by atoms with Crippen molar-refractivity contribution in [2.75, 3.05) is 0 Å². The predicted octanol–water partition coefficient (Wildman–Crippen LogP) is 4.18. The van der Waals surface area contributed by atoms with Gasteiger partial charge in [0.05, 0.1) is 0 Å². The molecule has 2 amide bonds. The van der Waals surface area contributed by atoms with Crippen LogP contribution in [-0.2, 0) is 0 Å². The SMILES string of the molecule is NC(=O)NC(=S)N(C12CC3CC(CC(C3)C1)C2)C12CC3CC(CC(C3)C1)C2. The first kappa shape index (κ1) is 17.1. The van der Waals surface area contributed by atoms with E-state index in [9.17, 15) is 4.79 Å². The van der Waals surface area contributed by atoms with Gasteiger partial charge in [0, 0.05) is 11.1 Å². The van der Waals surface area contributed by atoms with Gasteiger partial charge in [0.1, 0.15) is 0 Å². The number of thiocarbonyl (C=S) groups is 1. The molecule has 8 aliphatic rings. The van der Waals surface area contributed by atoms with Crippen molar-refractivity contribution < 1.29 is 4.79 Å². The highest BCUT2D eigenvalue weighted by atomic mass is 32.1. The van der Waals surface area contributed by atoms with Gasteiger partial charge in [-0.1, -0.05) is 0 Å². The summed E-state index contributed by atoms with van der Waals surface area (Å²) in [5.74, 6) is 5.27. The fourth-order valence-corrected chi connectivity index (χ4v) is 10.3. The quantitative estimate of drug-likeness (QED) is 0.699. The molecule has 0 atom stereocenters. The average Bonchev–Trinajstić information content (AvgIpc) is 2.50. The van der Waals surface area contributed by atoms with Crippen molar-refractivity contribution in [1.29, 1.82) is 0 Å². The van der Waals surface area contributed by atoms with E-state index in [-0.39, 0.29) is 11.1 Å². The van der Waals surface area contributed by atoms with E-state index in [0.29, 0.717) is 5.11 Å². The van der Waals surface area contributed by atoms with Gasteiger partial charge >= 0.3 is 6.03 Å². The predicted molar refractivity (Wildman–Crippen MR) is 109 cm³/mol. The molecule has 0 heterocycles. The third-order valence-corrected chi connectivity index (χ3v) is 9.68. The van der Waals surface area contributed by atoms with Crippen LogP contribution in [0.3, 0.4) is 0 Å². The number of rotatable bonds is 2. The van der Waals surface area contributed by atoms with Gasteiger partial charge in [-0.05, 0) is 125 Å². The van der Waals surface area contributed by atoms with Crippen LogP contribution in [0.1, 0.15) is 77.0 Å². The molecule has 8 aliphatic carbocycles. The van der Waals surface area contributed by atoms with Gasteiger partial charge in [0.25, 0.3) is 0 Å². The minimum Gasteiger partial charge on any atom is -0.351 e. The topological polar surface area (TPSA) is 58.4 Å². The van der Waals surface area contributed by atoms with Gasteiger partial charge in [-0.25, -0.2) is 4.79 Å². The van der Waals surface area contributed by atoms with Crippen LogP contribution in [0.15, 0.2) is 0 Å². The number of carbonyl (C=O) groups is 1. The van der Waals surface area contributed by atoms with E-state index >= 15 is 0 Å². The van der Waals surface area contributed by atoms with E-state index < -0.39 is 6.03 Å². The molecule has 0 aromatic rings. The van der Waals surface area contributed by atoms with Crippen molar-refractivity contribution in [3.8, 4) is 0 Å². The van der Waals surface area contributed by atoms with Crippen molar-refractivity contribution in [2.45, 2.75) is 88.1 Å². The van der Waals surface area contributed by atoms with Crippen LogP contribution in [0.25, 0.3) is 0 Å². The van der Waals surface area contributed by atoms with E-state index in [1.165, 1.54) is 77.0 Å². The smallest absolute Gasteiger partial charge is 0.318 e. The monoisotopic (exact) mass is 387 g/mol. The molecule has 148 valence electrons. The summed E-state index contributed by atoms with van der Waals surface area (Å²) in [6.45, 7) is 0. The van der Waals surface area contributed by atoms with Crippen molar-refractivity contribution in [3.63, 3.8) is 0 Å². The Hall–Kier alpha value is -0.840. The molecular formula is C22H33N3OS. The molecule has 27 heavy (non-hydrogen) atoms. The van der Waals surface area contributed by atoms with E-state index in [0.717, 1.165) is 35.5 Å². The van der Waals surface area contributed by atoms with Gasteiger partial charge in [0.15, 0.2) is 5.11 Å². The second-order valence-corrected chi connectivity index (χ2v) is 11.8. The minimum absolute atomic E-state index is 0.194. The standard InChI is InChI=1S/C22H33N3OS/c23-19(26)24-20(27)25(21-7-13-1-14(8-21)3-15(2-13)9-21)22-10-16-4-17(11-22)6-18(5-16)12-22/h13-18H,1-12H2,(H3,23,24,26,27).